The summed E-state index contributed by atoms with van der Waals surface area (Å²) < 4.78 is 32.3. The lowest BCUT2D eigenvalue weighted by molar-refractivity contribution is 0.415. The van der Waals surface area contributed by atoms with Crippen molar-refractivity contribution in [1.29, 1.82) is 0 Å². The fourth-order valence-electron chi connectivity index (χ4n) is 2.37. The quantitative estimate of drug-likeness (QED) is 0.782. The van der Waals surface area contributed by atoms with Crippen molar-refractivity contribution in [2.24, 2.45) is 0 Å². The van der Waals surface area contributed by atoms with Gasteiger partial charge < -0.3 is 4.74 Å². The lowest BCUT2D eigenvalue weighted by Gasteiger charge is -2.08. The Kier molecular flexibility index (Phi) is 4.32. The van der Waals surface area contributed by atoms with E-state index in [1.165, 1.54) is 0 Å². The van der Waals surface area contributed by atoms with E-state index in [-0.39, 0.29) is 11.4 Å². The van der Waals surface area contributed by atoms with E-state index in [0.717, 1.165) is 22.1 Å². The predicted octanol–water partition coefficient (Wildman–Crippen LogP) is 3.33. The maximum Gasteiger partial charge on any atom is 0.240 e. The monoisotopic (exact) mass is 327 g/mol. The summed E-state index contributed by atoms with van der Waals surface area (Å²) in [6, 6.07) is 20.0. The van der Waals surface area contributed by atoms with Crippen LogP contribution in [0.3, 0.4) is 0 Å². The Hall–Kier alpha value is -2.37. The summed E-state index contributed by atoms with van der Waals surface area (Å²) in [4.78, 5) is 0.269. The highest BCUT2D eigenvalue weighted by Crippen LogP contribution is 2.22. The lowest BCUT2D eigenvalue weighted by atomic mass is 10.1. The smallest absolute Gasteiger partial charge is 0.240 e. The highest BCUT2D eigenvalue weighted by molar-refractivity contribution is 7.89. The van der Waals surface area contributed by atoms with Crippen LogP contribution in [0, 0.1) is 0 Å². The summed E-state index contributed by atoms with van der Waals surface area (Å²) in [5.41, 5.74) is 0.905. The first-order valence-corrected chi connectivity index (χ1v) is 8.68. The van der Waals surface area contributed by atoms with Crippen LogP contribution in [0.5, 0.6) is 5.75 Å². The third-order valence-electron chi connectivity index (χ3n) is 3.63. The average Bonchev–Trinajstić information content (AvgIpc) is 2.60. The molecule has 3 aromatic rings. The maximum absolute atomic E-state index is 12.2. The third kappa shape index (κ3) is 3.52. The number of rotatable bonds is 5. The molecule has 0 amide bonds. The molecule has 118 valence electrons. The van der Waals surface area contributed by atoms with Crippen LogP contribution in [0.1, 0.15) is 5.56 Å². The van der Waals surface area contributed by atoms with Crippen LogP contribution in [-0.4, -0.2) is 15.5 Å². The number of sulfonamides is 1. The van der Waals surface area contributed by atoms with Crippen molar-refractivity contribution < 1.29 is 13.2 Å². The minimum Gasteiger partial charge on any atom is -0.497 e. The van der Waals surface area contributed by atoms with Gasteiger partial charge in [-0.1, -0.05) is 36.4 Å². The molecule has 23 heavy (non-hydrogen) atoms. The molecule has 0 aromatic heterocycles. The summed E-state index contributed by atoms with van der Waals surface area (Å²) >= 11 is 0. The Bertz CT molecular complexity index is 921. The van der Waals surface area contributed by atoms with Gasteiger partial charge in [-0.05, 0) is 46.7 Å². The number of fused-ring (bicyclic) bond motifs is 1. The minimum absolute atomic E-state index is 0.249. The highest BCUT2D eigenvalue weighted by Gasteiger charge is 2.12. The van der Waals surface area contributed by atoms with E-state index in [2.05, 4.69) is 4.72 Å². The van der Waals surface area contributed by atoms with Crippen LogP contribution in [0.25, 0.3) is 10.8 Å². The summed E-state index contributed by atoms with van der Waals surface area (Å²) in [7, 11) is -1.86. The average molecular weight is 327 g/mol. The molecular formula is C18H17NO3S. The van der Waals surface area contributed by atoms with E-state index in [4.69, 9.17) is 4.74 Å². The first kappa shape index (κ1) is 15.5. The molecule has 0 saturated carbocycles. The Morgan fingerprint density at radius 3 is 2.35 bits per heavy atom. The first-order chi connectivity index (χ1) is 11.1. The summed E-state index contributed by atoms with van der Waals surface area (Å²) in [5.74, 6) is 0.801. The second-order valence-electron chi connectivity index (χ2n) is 5.19. The van der Waals surface area contributed by atoms with Gasteiger partial charge in [0.25, 0.3) is 0 Å². The van der Waals surface area contributed by atoms with E-state index < -0.39 is 10.0 Å². The van der Waals surface area contributed by atoms with Gasteiger partial charge in [-0.25, -0.2) is 13.1 Å². The Morgan fingerprint density at radius 1 is 0.913 bits per heavy atom. The molecule has 0 bridgehead atoms. The number of hydrogen-bond acceptors (Lipinski definition) is 3. The predicted molar refractivity (Wildman–Crippen MR) is 91.0 cm³/mol. The van der Waals surface area contributed by atoms with Crippen LogP contribution in [0.4, 0.5) is 0 Å². The van der Waals surface area contributed by atoms with Gasteiger partial charge in [0.2, 0.25) is 10.0 Å². The number of benzene rings is 3. The van der Waals surface area contributed by atoms with Crippen molar-refractivity contribution in [3.05, 3.63) is 72.3 Å². The summed E-state index contributed by atoms with van der Waals surface area (Å²) in [6.45, 7) is 0.249. The molecule has 0 aliphatic heterocycles. The molecule has 0 heterocycles. The van der Waals surface area contributed by atoms with E-state index in [1.807, 2.05) is 36.4 Å². The SMILES string of the molecule is COc1ccc2cc(CNS(=O)(=O)c3ccccc3)ccc2c1. The molecule has 5 heteroatoms. The lowest BCUT2D eigenvalue weighted by Crippen LogP contribution is -2.23. The largest absolute Gasteiger partial charge is 0.497 e. The minimum atomic E-state index is -3.49. The van der Waals surface area contributed by atoms with E-state index in [1.54, 1.807) is 37.4 Å². The summed E-state index contributed by atoms with van der Waals surface area (Å²) in [6.07, 6.45) is 0. The Balaban J connectivity index is 1.79. The van der Waals surface area contributed by atoms with Crippen molar-refractivity contribution in [3.8, 4) is 5.75 Å². The van der Waals surface area contributed by atoms with Crippen molar-refractivity contribution in [2.45, 2.75) is 11.4 Å². The molecule has 0 aliphatic rings. The zero-order valence-electron chi connectivity index (χ0n) is 12.7. The number of nitrogens with one attached hydrogen (secondary N) is 1. The second-order valence-corrected chi connectivity index (χ2v) is 6.95. The Morgan fingerprint density at radius 2 is 1.61 bits per heavy atom. The van der Waals surface area contributed by atoms with Gasteiger partial charge in [-0.3, -0.25) is 0 Å². The first-order valence-electron chi connectivity index (χ1n) is 7.20. The molecular weight excluding hydrogens is 310 g/mol. The van der Waals surface area contributed by atoms with Crippen LogP contribution in [-0.2, 0) is 16.6 Å². The number of ether oxygens (including phenoxy) is 1. The molecule has 0 aliphatic carbocycles. The second kappa shape index (κ2) is 6.40. The number of methoxy groups -OCH3 is 1. The number of hydrogen-bond donors (Lipinski definition) is 1. The van der Waals surface area contributed by atoms with Crippen molar-refractivity contribution in [1.82, 2.24) is 4.72 Å². The zero-order chi connectivity index (χ0) is 16.3. The van der Waals surface area contributed by atoms with Crippen LogP contribution < -0.4 is 9.46 Å². The van der Waals surface area contributed by atoms with E-state index >= 15 is 0 Å². The van der Waals surface area contributed by atoms with Crippen molar-refractivity contribution in [3.63, 3.8) is 0 Å². The molecule has 3 rings (SSSR count). The van der Waals surface area contributed by atoms with Gasteiger partial charge >= 0.3 is 0 Å². The highest BCUT2D eigenvalue weighted by atomic mass is 32.2. The van der Waals surface area contributed by atoms with Gasteiger partial charge in [-0.2, -0.15) is 0 Å². The molecule has 4 nitrogen and oxygen atoms in total. The molecule has 0 fully saturated rings. The maximum atomic E-state index is 12.2. The van der Waals surface area contributed by atoms with Crippen LogP contribution >= 0.6 is 0 Å². The van der Waals surface area contributed by atoms with Gasteiger partial charge in [0, 0.05) is 6.54 Å². The van der Waals surface area contributed by atoms with Crippen LogP contribution in [0.2, 0.25) is 0 Å². The van der Waals surface area contributed by atoms with Gasteiger partial charge in [0.05, 0.1) is 12.0 Å². The molecule has 0 atom stereocenters. The molecule has 0 unspecified atom stereocenters. The fraction of sp³-hybridized carbons (Fsp3) is 0.111. The molecule has 0 saturated heterocycles. The normalized spacial score (nSPS) is 11.5. The summed E-state index contributed by atoms with van der Waals surface area (Å²) in [5, 5.41) is 2.10. The standard InChI is InChI=1S/C18H17NO3S/c1-22-17-10-9-15-11-14(7-8-16(15)12-17)13-19-23(20,21)18-5-3-2-4-6-18/h2-12,19H,13H2,1H3. The van der Waals surface area contributed by atoms with Crippen molar-refractivity contribution in [2.75, 3.05) is 7.11 Å². The van der Waals surface area contributed by atoms with Gasteiger partial charge in [0.1, 0.15) is 5.75 Å². The Labute approximate surface area is 135 Å². The fourth-order valence-corrected chi connectivity index (χ4v) is 3.41. The van der Waals surface area contributed by atoms with Crippen LogP contribution in [0.15, 0.2) is 71.6 Å². The molecule has 0 radical (unpaired) electrons. The van der Waals surface area contributed by atoms with E-state index in [0.29, 0.717) is 0 Å². The van der Waals surface area contributed by atoms with Crippen molar-refractivity contribution >= 4 is 20.8 Å². The van der Waals surface area contributed by atoms with Gasteiger partial charge in [-0.15, -0.1) is 0 Å². The van der Waals surface area contributed by atoms with E-state index in [9.17, 15) is 8.42 Å². The van der Waals surface area contributed by atoms with Gasteiger partial charge in [0.15, 0.2) is 0 Å². The molecule has 0 spiro atoms. The molecule has 1 N–H and O–H groups in total. The molecule has 3 aromatic carbocycles. The topological polar surface area (TPSA) is 55.4 Å². The zero-order valence-corrected chi connectivity index (χ0v) is 13.5. The third-order valence-corrected chi connectivity index (χ3v) is 5.05.